The van der Waals surface area contributed by atoms with E-state index in [2.05, 4.69) is 0 Å². The molecule has 1 N–H and O–H groups in total. The molecule has 0 aliphatic heterocycles. The van der Waals surface area contributed by atoms with Crippen LogP contribution in [0, 0.1) is 0 Å². The lowest BCUT2D eigenvalue weighted by molar-refractivity contribution is 0.508. The van der Waals surface area contributed by atoms with Gasteiger partial charge in [-0.25, -0.2) is 0 Å². The molecular formula is C6H12O2P+. The molecule has 0 heterocycles. The van der Waals surface area contributed by atoms with Gasteiger partial charge in [-0.1, -0.05) is 13.8 Å². The van der Waals surface area contributed by atoms with Gasteiger partial charge in [0.15, 0.2) is 5.31 Å². The normalized spacial score (nSPS) is 13.7. The molecule has 0 radical (unpaired) electrons. The van der Waals surface area contributed by atoms with Crippen molar-refractivity contribution in [1.29, 1.82) is 0 Å². The summed E-state index contributed by atoms with van der Waals surface area (Å²) in [6, 6.07) is 0. The van der Waals surface area contributed by atoms with E-state index in [0.717, 1.165) is 6.42 Å². The molecular weight excluding hydrogens is 135 g/mol. The van der Waals surface area contributed by atoms with E-state index < -0.39 is 8.03 Å². The van der Waals surface area contributed by atoms with E-state index >= 15 is 0 Å². The maximum Gasteiger partial charge on any atom is 0.541 e. The van der Waals surface area contributed by atoms with Crippen LogP contribution in [-0.2, 0) is 4.57 Å². The number of allylic oxidation sites excluding steroid dienone is 2. The van der Waals surface area contributed by atoms with E-state index in [1.807, 2.05) is 13.8 Å². The monoisotopic (exact) mass is 147 g/mol. The molecule has 0 fully saturated rings. The molecule has 0 saturated heterocycles. The molecule has 2 nitrogen and oxygen atoms in total. The van der Waals surface area contributed by atoms with Crippen LogP contribution < -0.4 is 0 Å². The Bertz CT molecular complexity index is 129. The van der Waals surface area contributed by atoms with Crippen molar-refractivity contribution in [3.05, 3.63) is 11.4 Å². The highest BCUT2D eigenvalue weighted by molar-refractivity contribution is 7.43. The van der Waals surface area contributed by atoms with Crippen LogP contribution >= 0.6 is 8.03 Å². The Morgan fingerprint density at radius 3 is 2.33 bits per heavy atom. The van der Waals surface area contributed by atoms with Crippen molar-refractivity contribution in [2.45, 2.75) is 26.7 Å². The van der Waals surface area contributed by atoms with Crippen molar-refractivity contribution in [2.24, 2.45) is 0 Å². The Morgan fingerprint density at radius 1 is 1.67 bits per heavy atom. The van der Waals surface area contributed by atoms with E-state index in [1.165, 1.54) is 0 Å². The van der Waals surface area contributed by atoms with Crippen LogP contribution in [0.2, 0.25) is 0 Å². The zero-order valence-electron chi connectivity index (χ0n) is 5.79. The van der Waals surface area contributed by atoms with Gasteiger partial charge >= 0.3 is 8.03 Å². The van der Waals surface area contributed by atoms with Gasteiger partial charge in [-0.3, -0.25) is 0 Å². The smallest absolute Gasteiger partial charge is 0.156 e. The van der Waals surface area contributed by atoms with Gasteiger partial charge in [0.25, 0.3) is 0 Å². The molecule has 0 aliphatic rings. The van der Waals surface area contributed by atoms with Crippen LogP contribution in [-0.4, -0.2) is 4.89 Å². The first-order valence-corrected chi connectivity index (χ1v) is 4.28. The van der Waals surface area contributed by atoms with Crippen LogP contribution in [0.3, 0.4) is 0 Å². The Hall–Kier alpha value is -0.200. The maximum absolute atomic E-state index is 10.4. The van der Waals surface area contributed by atoms with E-state index in [0.29, 0.717) is 11.7 Å². The van der Waals surface area contributed by atoms with Crippen molar-refractivity contribution in [3.63, 3.8) is 0 Å². The molecule has 0 aromatic heterocycles. The quantitative estimate of drug-likeness (QED) is 0.622. The Balaban J connectivity index is 3.98. The second-order valence-electron chi connectivity index (χ2n) is 1.73. The van der Waals surface area contributed by atoms with E-state index in [4.69, 9.17) is 4.89 Å². The van der Waals surface area contributed by atoms with Gasteiger partial charge in [0.05, 0.1) is 0 Å². The third kappa shape index (κ3) is 3.39. The fraction of sp³-hybridized carbons (Fsp3) is 0.667. The molecule has 0 spiro atoms. The summed E-state index contributed by atoms with van der Waals surface area (Å²) in [6.07, 6.45) is 3.32. The number of hydrogen-bond donors (Lipinski definition) is 1. The third-order valence-corrected chi connectivity index (χ3v) is 2.04. The van der Waals surface area contributed by atoms with Crippen molar-refractivity contribution in [1.82, 2.24) is 0 Å². The van der Waals surface area contributed by atoms with Crippen LogP contribution in [0.4, 0.5) is 0 Å². The minimum Gasteiger partial charge on any atom is -0.156 e. The van der Waals surface area contributed by atoms with E-state index in [-0.39, 0.29) is 0 Å². The highest BCUT2D eigenvalue weighted by atomic mass is 31.1. The lowest BCUT2D eigenvalue weighted by atomic mass is 10.3. The highest BCUT2D eigenvalue weighted by Gasteiger charge is 2.16. The molecule has 0 aromatic carbocycles. The van der Waals surface area contributed by atoms with Gasteiger partial charge in [0, 0.05) is 6.42 Å². The first-order chi connectivity index (χ1) is 4.22. The molecule has 0 amide bonds. The van der Waals surface area contributed by atoms with Crippen LogP contribution in [0.5, 0.6) is 0 Å². The van der Waals surface area contributed by atoms with E-state index in [1.54, 1.807) is 6.08 Å². The lowest BCUT2D eigenvalue weighted by Gasteiger charge is -1.81. The largest absolute Gasteiger partial charge is 0.541 e. The van der Waals surface area contributed by atoms with Gasteiger partial charge in [-0.15, -0.1) is 0 Å². The maximum atomic E-state index is 10.4. The summed E-state index contributed by atoms with van der Waals surface area (Å²) in [6.45, 7) is 3.83. The molecule has 0 bridgehead atoms. The highest BCUT2D eigenvalue weighted by Crippen LogP contribution is 2.29. The Labute approximate surface area is 56.5 Å². The molecule has 0 aromatic rings. The zero-order valence-corrected chi connectivity index (χ0v) is 6.69. The first kappa shape index (κ1) is 8.80. The summed E-state index contributed by atoms with van der Waals surface area (Å²) in [4.78, 5) is 8.58. The fourth-order valence-electron chi connectivity index (χ4n) is 0.593. The molecule has 1 unspecified atom stereocenters. The average Bonchev–Trinajstić information content (AvgIpc) is 1.82. The topological polar surface area (TPSA) is 37.3 Å². The predicted octanol–water partition coefficient (Wildman–Crippen LogP) is 2.43. The molecule has 0 aliphatic carbocycles. The van der Waals surface area contributed by atoms with Crippen LogP contribution in [0.25, 0.3) is 0 Å². The minimum atomic E-state index is -2.06. The molecule has 3 heteroatoms. The third-order valence-electron chi connectivity index (χ3n) is 1.05. The summed E-state index contributed by atoms with van der Waals surface area (Å²) < 4.78 is 10.4. The van der Waals surface area contributed by atoms with Crippen molar-refractivity contribution >= 4 is 8.03 Å². The second-order valence-corrected chi connectivity index (χ2v) is 2.85. The summed E-state index contributed by atoms with van der Waals surface area (Å²) in [5, 5.41) is 0.660. The minimum absolute atomic E-state index is 0.660. The predicted molar refractivity (Wildman–Crippen MR) is 38.5 cm³/mol. The van der Waals surface area contributed by atoms with Crippen LogP contribution in [0.15, 0.2) is 11.4 Å². The zero-order chi connectivity index (χ0) is 7.28. The van der Waals surface area contributed by atoms with Crippen molar-refractivity contribution in [2.75, 3.05) is 0 Å². The van der Waals surface area contributed by atoms with Crippen molar-refractivity contribution < 1.29 is 9.46 Å². The standard InChI is InChI=1S/C6H11O2P/c1-3-5-6(4-2)9(7)8/h5H,3-4H2,1-2H3/p+1/b6-5+. The van der Waals surface area contributed by atoms with Gasteiger partial charge in [-0.2, -0.15) is 4.89 Å². The van der Waals surface area contributed by atoms with Crippen molar-refractivity contribution in [3.8, 4) is 0 Å². The molecule has 0 rings (SSSR count). The summed E-state index contributed by atoms with van der Waals surface area (Å²) in [7, 11) is -2.06. The van der Waals surface area contributed by atoms with Gasteiger partial charge in [0.2, 0.25) is 0 Å². The first-order valence-electron chi connectivity index (χ1n) is 3.07. The van der Waals surface area contributed by atoms with Gasteiger partial charge < -0.3 is 0 Å². The molecule has 0 saturated carbocycles. The van der Waals surface area contributed by atoms with Gasteiger partial charge in [-0.05, 0) is 17.1 Å². The fourth-order valence-corrected chi connectivity index (χ4v) is 1.20. The summed E-state index contributed by atoms with van der Waals surface area (Å²) >= 11 is 0. The molecule has 52 valence electrons. The second kappa shape index (κ2) is 4.66. The average molecular weight is 147 g/mol. The number of hydrogen-bond acceptors (Lipinski definition) is 1. The summed E-state index contributed by atoms with van der Waals surface area (Å²) in [5.41, 5.74) is 0. The van der Waals surface area contributed by atoms with E-state index in [9.17, 15) is 4.57 Å². The van der Waals surface area contributed by atoms with Crippen LogP contribution in [0.1, 0.15) is 26.7 Å². The lowest BCUT2D eigenvalue weighted by Crippen LogP contribution is -1.71. The SMILES string of the molecule is CC/C=C(\CC)[P+](=O)O. The number of rotatable bonds is 3. The summed E-state index contributed by atoms with van der Waals surface area (Å²) in [5.74, 6) is 0. The Morgan fingerprint density at radius 2 is 2.22 bits per heavy atom. The Kier molecular flexibility index (Phi) is 4.55. The molecule has 9 heavy (non-hydrogen) atoms. The van der Waals surface area contributed by atoms with Gasteiger partial charge in [0.1, 0.15) is 0 Å². The molecule has 1 atom stereocenters.